The van der Waals surface area contributed by atoms with Crippen molar-refractivity contribution in [3.8, 4) is 0 Å². The van der Waals surface area contributed by atoms with Gasteiger partial charge >= 0.3 is 0 Å². The van der Waals surface area contributed by atoms with Crippen LogP contribution < -0.4 is 5.73 Å². The Morgan fingerprint density at radius 2 is 2.25 bits per heavy atom. The molecule has 0 atom stereocenters. The second kappa shape index (κ2) is 3.72. The maximum Gasteiger partial charge on any atom is 0.0596 e. The molecule has 0 radical (unpaired) electrons. The van der Waals surface area contributed by atoms with Crippen LogP contribution in [0.3, 0.4) is 0 Å². The van der Waals surface area contributed by atoms with Crippen LogP contribution in [-0.4, -0.2) is 16.3 Å². The fourth-order valence-electron chi connectivity index (χ4n) is 1.33. The van der Waals surface area contributed by atoms with E-state index in [2.05, 4.69) is 25.0 Å². The molecule has 0 bridgehead atoms. The largest absolute Gasteiger partial charge is 0.329 e. The summed E-state index contributed by atoms with van der Waals surface area (Å²) in [5.74, 6) is 0.526. The summed E-state index contributed by atoms with van der Waals surface area (Å²) in [5, 5.41) is 4.36. The predicted molar refractivity (Wildman–Crippen MR) is 50.1 cm³/mol. The molecule has 0 saturated heterocycles. The van der Waals surface area contributed by atoms with E-state index < -0.39 is 0 Å². The molecule has 0 aromatic carbocycles. The normalized spacial score (nSPS) is 11.1. The molecule has 0 fully saturated rings. The number of nitrogens with zero attached hydrogens (tertiary/aromatic N) is 2. The van der Waals surface area contributed by atoms with Gasteiger partial charge in [-0.05, 0) is 18.9 Å². The molecule has 12 heavy (non-hydrogen) atoms. The Hall–Kier alpha value is -0.830. The van der Waals surface area contributed by atoms with Crippen LogP contribution in [-0.2, 0) is 6.54 Å². The Bertz CT molecular complexity index is 250. The van der Waals surface area contributed by atoms with Gasteiger partial charge in [-0.3, -0.25) is 4.68 Å². The number of hydrogen-bond acceptors (Lipinski definition) is 2. The zero-order valence-electron chi connectivity index (χ0n) is 8.04. The third-order valence-electron chi connectivity index (χ3n) is 1.87. The topological polar surface area (TPSA) is 43.8 Å². The summed E-state index contributed by atoms with van der Waals surface area (Å²) >= 11 is 0. The maximum atomic E-state index is 5.48. The second-order valence-corrected chi connectivity index (χ2v) is 3.38. The zero-order valence-corrected chi connectivity index (χ0v) is 8.04. The van der Waals surface area contributed by atoms with E-state index in [0.717, 1.165) is 12.2 Å². The first-order chi connectivity index (χ1) is 5.65. The molecule has 0 amide bonds. The summed E-state index contributed by atoms with van der Waals surface area (Å²) in [6.07, 6.45) is 0. The van der Waals surface area contributed by atoms with Crippen molar-refractivity contribution in [2.24, 2.45) is 5.73 Å². The summed E-state index contributed by atoms with van der Waals surface area (Å²) in [5.41, 5.74) is 7.83. The molecule has 0 saturated carbocycles. The van der Waals surface area contributed by atoms with Crippen molar-refractivity contribution in [3.05, 3.63) is 17.5 Å². The first-order valence-electron chi connectivity index (χ1n) is 4.39. The molecular formula is C9H17N3. The highest BCUT2D eigenvalue weighted by Gasteiger charge is 2.07. The zero-order chi connectivity index (χ0) is 9.14. The lowest BCUT2D eigenvalue weighted by Crippen LogP contribution is -2.14. The highest BCUT2D eigenvalue weighted by atomic mass is 15.3. The summed E-state index contributed by atoms with van der Waals surface area (Å²) in [4.78, 5) is 0. The molecule has 1 aromatic heterocycles. The van der Waals surface area contributed by atoms with Crippen LogP contribution in [0.2, 0.25) is 0 Å². The summed E-state index contributed by atoms with van der Waals surface area (Å²) in [7, 11) is 0. The molecule has 3 heteroatoms. The van der Waals surface area contributed by atoms with E-state index in [1.54, 1.807) is 0 Å². The third-order valence-corrected chi connectivity index (χ3v) is 1.87. The van der Waals surface area contributed by atoms with Crippen LogP contribution >= 0.6 is 0 Å². The van der Waals surface area contributed by atoms with Gasteiger partial charge < -0.3 is 5.73 Å². The average molecular weight is 167 g/mol. The lowest BCUT2D eigenvalue weighted by molar-refractivity contribution is 0.572. The van der Waals surface area contributed by atoms with E-state index in [1.807, 2.05) is 11.6 Å². The van der Waals surface area contributed by atoms with Crippen LogP contribution in [0.25, 0.3) is 0 Å². The third kappa shape index (κ3) is 1.85. The molecule has 3 nitrogen and oxygen atoms in total. The van der Waals surface area contributed by atoms with Gasteiger partial charge in [-0.1, -0.05) is 13.8 Å². The Morgan fingerprint density at radius 3 is 2.75 bits per heavy atom. The number of rotatable bonds is 3. The minimum absolute atomic E-state index is 0.526. The molecule has 0 aliphatic heterocycles. The molecule has 0 aliphatic rings. The minimum atomic E-state index is 0.526. The smallest absolute Gasteiger partial charge is 0.0596 e. The van der Waals surface area contributed by atoms with Crippen molar-refractivity contribution in [2.75, 3.05) is 6.54 Å². The molecule has 0 unspecified atom stereocenters. The van der Waals surface area contributed by atoms with Gasteiger partial charge in [0.05, 0.1) is 12.2 Å². The van der Waals surface area contributed by atoms with E-state index in [1.165, 1.54) is 5.69 Å². The van der Waals surface area contributed by atoms with Crippen molar-refractivity contribution in [3.63, 3.8) is 0 Å². The molecule has 1 heterocycles. The van der Waals surface area contributed by atoms with E-state index >= 15 is 0 Å². The van der Waals surface area contributed by atoms with Crippen molar-refractivity contribution < 1.29 is 0 Å². The van der Waals surface area contributed by atoms with Crippen LogP contribution in [0.5, 0.6) is 0 Å². The predicted octanol–water partition coefficient (Wildman–Crippen LogP) is 1.27. The molecule has 68 valence electrons. The van der Waals surface area contributed by atoms with Gasteiger partial charge in [-0.2, -0.15) is 5.10 Å². The highest BCUT2D eigenvalue weighted by molar-refractivity contribution is 5.12. The number of nitrogens with two attached hydrogens (primary N) is 1. The van der Waals surface area contributed by atoms with E-state index in [4.69, 9.17) is 5.73 Å². The number of hydrogen-bond donors (Lipinski definition) is 1. The monoisotopic (exact) mass is 167 g/mol. The first kappa shape index (κ1) is 9.26. The molecule has 0 aliphatic carbocycles. The van der Waals surface area contributed by atoms with Crippen molar-refractivity contribution in [2.45, 2.75) is 33.2 Å². The first-order valence-corrected chi connectivity index (χ1v) is 4.39. The summed E-state index contributed by atoms with van der Waals surface area (Å²) in [6.45, 7) is 7.83. The minimum Gasteiger partial charge on any atom is -0.329 e. The quantitative estimate of drug-likeness (QED) is 0.736. The lowest BCUT2D eigenvalue weighted by Gasteiger charge is -2.07. The Morgan fingerprint density at radius 1 is 1.58 bits per heavy atom. The van der Waals surface area contributed by atoms with Crippen molar-refractivity contribution in [1.29, 1.82) is 0 Å². The maximum absolute atomic E-state index is 5.48. The lowest BCUT2D eigenvalue weighted by atomic mass is 10.1. The van der Waals surface area contributed by atoms with Gasteiger partial charge in [0.15, 0.2) is 0 Å². The molecule has 0 spiro atoms. The van der Waals surface area contributed by atoms with Crippen LogP contribution in [0.1, 0.15) is 31.2 Å². The molecule has 1 aromatic rings. The van der Waals surface area contributed by atoms with E-state index in [0.29, 0.717) is 12.5 Å². The van der Waals surface area contributed by atoms with Crippen LogP contribution in [0, 0.1) is 6.92 Å². The molecule has 2 N–H and O–H groups in total. The number of aromatic nitrogens is 2. The van der Waals surface area contributed by atoms with Gasteiger partial charge in [0.25, 0.3) is 0 Å². The summed E-state index contributed by atoms with van der Waals surface area (Å²) < 4.78 is 2.00. The Balaban J connectivity index is 2.92. The van der Waals surface area contributed by atoms with Crippen molar-refractivity contribution >= 4 is 0 Å². The molecule has 1 rings (SSSR count). The van der Waals surface area contributed by atoms with Crippen molar-refractivity contribution in [1.82, 2.24) is 9.78 Å². The standard InChI is InChI=1S/C9H17N3/c1-7(2)9-6-8(3)11-12(9)5-4-10/h6-7H,4-5,10H2,1-3H3. The summed E-state index contributed by atoms with van der Waals surface area (Å²) in [6, 6.07) is 2.13. The Labute approximate surface area is 73.6 Å². The highest BCUT2D eigenvalue weighted by Crippen LogP contribution is 2.14. The number of aryl methyl sites for hydroxylation is 1. The van der Waals surface area contributed by atoms with Gasteiger partial charge in [0.1, 0.15) is 0 Å². The van der Waals surface area contributed by atoms with Gasteiger partial charge in [-0.15, -0.1) is 0 Å². The molecular weight excluding hydrogens is 150 g/mol. The Kier molecular flexibility index (Phi) is 2.87. The van der Waals surface area contributed by atoms with Gasteiger partial charge in [-0.25, -0.2) is 0 Å². The van der Waals surface area contributed by atoms with E-state index in [-0.39, 0.29) is 0 Å². The SMILES string of the molecule is Cc1cc(C(C)C)n(CCN)n1. The van der Waals surface area contributed by atoms with E-state index in [9.17, 15) is 0 Å². The van der Waals surface area contributed by atoms with Gasteiger partial charge in [0, 0.05) is 12.2 Å². The van der Waals surface area contributed by atoms with Gasteiger partial charge in [0.2, 0.25) is 0 Å². The fourth-order valence-corrected chi connectivity index (χ4v) is 1.33. The average Bonchev–Trinajstić information content (AvgIpc) is 2.32. The fraction of sp³-hybridized carbons (Fsp3) is 0.667. The van der Waals surface area contributed by atoms with Crippen LogP contribution in [0.15, 0.2) is 6.07 Å². The van der Waals surface area contributed by atoms with Crippen LogP contribution in [0.4, 0.5) is 0 Å². The second-order valence-electron chi connectivity index (χ2n) is 3.38.